The fourth-order valence-corrected chi connectivity index (χ4v) is 4.94. The van der Waals surface area contributed by atoms with E-state index in [4.69, 9.17) is 0 Å². The minimum Gasteiger partial charge on any atom is -0.340 e. The number of rotatable bonds is 8. The number of piperidine rings is 1. The van der Waals surface area contributed by atoms with Crippen LogP contribution in [-0.4, -0.2) is 66.4 Å². The van der Waals surface area contributed by atoms with Crippen LogP contribution in [0.15, 0.2) is 66.7 Å². The van der Waals surface area contributed by atoms with Crippen molar-refractivity contribution in [1.29, 1.82) is 0 Å². The van der Waals surface area contributed by atoms with Crippen molar-refractivity contribution in [2.75, 3.05) is 45.8 Å². The standard InChI is InChI=1S/C28H37N3O/c32-28(31-21-19-30(20-22-31)23-26-11-5-2-6-12-26)16-15-27-14-8-18-29(24-27)17-7-13-25-9-3-1-4-10-25/h1-7,9-13,27H,8,14-24H2/b13-7+. The topological polar surface area (TPSA) is 26.8 Å². The highest BCUT2D eigenvalue weighted by molar-refractivity contribution is 5.76. The van der Waals surface area contributed by atoms with Gasteiger partial charge in [-0.1, -0.05) is 72.8 Å². The SMILES string of the molecule is O=C(CCC1CCCN(C/C=C/c2ccccc2)C1)N1CCN(Cc2ccccc2)CC1. The molecule has 0 aliphatic carbocycles. The van der Waals surface area contributed by atoms with Crippen molar-refractivity contribution in [2.24, 2.45) is 5.92 Å². The van der Waals surface area contributed by atoms with Crippen LogP contribution >= 0.6 is 0 Å². The number of piperazine rings is 1. The average molecular weight is 432 g/mol. The molecule has 2 heterocycles. The van der Waals surface area contributed by atoms with Crippen molar-refractivity contribution < 1.29 is 4.79 Å². The van der Waals surface area contributed by atoms with Gasteiger partial charge in [0.1, 0.15) is 0 Å². The Balaban J connectivity index is 1.14. The molecule has 0 saturated carbocycles. The van der Waals surface area contributed by atoms with Gasteiger partial charge < -0.3 is 4.90 Å². The number of benzene rings is 2. The highest BCUT2D eigenvalue weighted by atomic mass is 16.2. The van der Waals surface area contributed by atoms with Gasteiger partial charge in [0, 0.05) is 52.2 Å². The second-order valence-electron chi connectivity index (χ2n) is 9.26. The van der Waals surface area contributed by atoms with Crippen molar-refractivity contribution in [3.05, 3.63) is 77.9 Å². The minimum absolute atomic E-state index is 0.352. The lowest BCUT2D eigenvalue weighted by Gasteiger charge is -2.35. The molecule has 0 bridgehead atoms. The third-order valence-corrected chi connectivity index (χ3v) is 6.82. The molecule has 4 rings (SSSR count). The summed E-state index contributed by atoms with van der Waals surface area (Å²) in [4.78, 5) is 19.9. The summed E-state index contributed by atoms with van der Waals surface area (Å²) in [5, 5.41) is 0. The molecule has 2 aliphatic rings. The molecule has 2 aromatic carbocycles. The van der Waals surface area contributed by atoms with Crippen LogP contribution in [0.25, 0.3) is 6.08 Å². The molecule has 0 radical (unpaired) electrons. The van der Waals surface area contributed by atoms with Crippen LogP contribution in [0.3, 0.4) is 0 Å². The van der Waals surface area contributed by atoms with Gasteiger partial charge in [0.15, 0.2) is 0 Å². The molecule has 2 aliphatic heterocycles. The first-order valence-electron chi connectivity index (χ1n) is 12.2. The van der Waals surface area contributed by atoms with Crippen molar-refractivity contribution >= 4 is 12.0 Å². The quantitative estimate of drug-likeness (QED) is 0.614. The summed E-state index contributed by atoms with van der Waals surface area (Å²) >= 11 is 0. The first-order chi connectivity index (χ1) is 15.8. The van der Waals surface area contributed by atoms with Crippen LogP contribution in [0.5, 0.6) is 0 Å². The van der Waals surface area contributed by atoms with E-state index in [9.17, 15) is 4.79 Å². The van der Waals surface area contributed by atoms with Crippen molar-refractivity contribution in [3.8, 4) is 0 Å². The Morgan fingerprint density at radius 2 is 1.59 bits per heavy atom. The van der Waals surface area contributed by atoms with E-state index in [0.29, 0.717) is 18.2 Å². The summed E-state index contributed by atoms with van der Waals surface area (Å²) in [5.41, 5.74) is 2.61. The molecule has 32 heavy (non-hydrogen) atoms. The van der Waals surface area contributed by atoms with Crippen molar-refractivity contribution in [2.45, 2.75) is 32.2 Å². The van der Waals surface area contributed by atoms with Gasteiger partial charge in [0.25, 0.3) is 0 Å². The predicted molar refractivity (Wildman–Crippen MR) is 132 cm³/mol. The Hall–Kier alpha value is -2.43. The lowest BCUT2D eigenvalue weighted by atomic mass is 9.93. The first-order valence-corrected chi connectivity index (χ1v) is 12.2. The largest absolute Gasteiger partial charge is 0.340 e. The van der Waals surface area contributed by atoms with E-state index in [-0.39, 0.29) is 0 Å². The lowest BCUT2D eigenvalue weighted by molar-refractivity contribution is -0.133. The molecule has 0 spiro atoms. The van der Waals surface area contributed by atoms with Gasteiger partial charge in [-0.2, -0.15) is 0 Å². The number of carbonyl (C=O) groups excluding carboxylic acids is 1. The van der Waals surface area contributed by atoms with Gasteiger partial charge in [-0.15, -0.1) is 0 Å². The Kier molecular flexibility index (Phi) is 8.52. The van der Waals surface area contributed by atoms with E-state index < -0.39 is 0 Å². The fraction of sp³-hybridized carbons (Fsp3) is 0.464. The second-order valence-corrected chi connectivity index (χ2v) is 9.26. The molecule has 0 N–H and O–H groups in total. The van der Waals surface area contributed by atoms with Crippen LogP contribution < -0.4 is 0 Å². The number of nitrogens with zero attached hydrogens (tertiary/aromatic N) is 3. The summed E-state index contributed by atoms with van der Waals surface area (Å²) in [6.07, 6.45) is 8.73. The third-order valence-electron chi connectivity index (χ3n) is 6.82. The Labute approximate surface area is 193 Å². The maximum atomic E-state index is 12.8. The van der Waals surface area contributed by atoms with E-state index in [1.807, 2.05) is 0 Å². The van der Waals surface area contributed by atoms with Gasteiger partial charge in [-0.25, -0.2) is 0 Å². The van der Waals surface area contributed by atoms with Gasteiger partial charge in [-0.3, -0.25) is 14.6 Å². The minimum atomic E-state index is 0.352. The van der Waals surface area contributed by atoms with Crippen LogP contribution in [0.1, 0.15) is 36.8 Å². The number of hydrogen-bond donors (Lipinski definition) is 0. The summed E-state index contributed by atoms with van der Waals surface area (Å²) in [5.74, 6) is 1.00. The molecule has 4 heteroatoms. The smallest absolute Gasteiger partial charge is 0.222 e. The molecular formula is C28H37N3O. The van der Waals surface area contributed by atoms with E-state index in [1.165, 1.54) is 30.5 Å². The highest BCUT2D eigenvalue weighted by Crippen LogP contribution is 2.22. The first kappa shape index (κ1) is 22.8. The zero-order valence-electron chi connectivity index (χ0n) is 19.2. The predicted octanol–water partition coefficient (Wildman–Crippen LogP) is 4.54. The van der Waals surface area contributed by atoms with Crippen LogP contribution in [-0.2, 0) is 11.3 Å². The molecule has 1 atom stereocenters. The van der Waals surface area contributed by atoms with Gasteiger partial charge in [0.05, 0.1) is 0 Å². The molecule has 2 aromatic rings. The fourth-order valence-electron chi connectivity index (χ4n) is 4.94. The normalized spacial score (nSPS) is 20.6. The van der Waals surface area contributed by atoms with E-state index in [2.05, 4.69) is 87.5 Å². The molecular weight excluding hydrogens is 394 g/mol. The lowest BCUT2D eigenvalue weighted by Crippen LogP contribution is -2.48. The van der Waals surface area contributed by atoms with Gasteiger partial charge in [0.2, 0.25) is 5.91 Å². The molecule has 2 saturated heterocycles. The Morgan fingerprint density at radius 3 is 2.34 bits per heavy atom. The number of likely N-dealkylation sites (tertiary alicyclic amines) is 1. The zero-order valence-corrected chi connectivity index (χ0v) is 19.2. The van der Waals surface area contributed by atoms with E-state index in [1.54, 1.807) is 0 Å². The average Bonchev–Trinajstić information content (AvgIpc) is 2.85. The van der Waals surface area contributed by atoms with E-state index in [0.717, 1.165) is 52.2 Å². The number of hydrogen-bond acceptors (Lipinski definition) is 3. The van der Waals surface area contributed by atoms with Crippen molar-refractivity contribution in [3.63, 3.8) is 0 Å². The van der Waals surface area contributed by atoms with Crippen molar-refractivity contribution in [1.82, 2.24) is 14.7 Å². The Morgan fingerprint density at radius 1 is 0.875 bits per heavy atom. The molecule has 4 nitrogen and oxygen atoms in total. The second kappa shape index (κ2) is 12.0. The maximum Gasteiger partial charge on any atom is 0.222 e. The number of amides is 1. The molecule has 1 unspecified atom stereocenters. The molecule has 0 aromatic heterocycles. The monoisotopic (exact) mass is 431 g/mol. The zero-order chi connectivity index (χ0) is 22.0. The van der Waals surface area contributed by atoms with Crippen LogP contribution in [0, 0.1) is 5.92 Å². The summed E-state index contributed by atoms with van der Waals surface area (Å²) in [6, 6.07) is 21.1. The van der Waals surface area contributed by atoms with Gasteiger partial charge >= 0.3 is 0 Å². The highest BCUT2D eigenvalue weighted by Gasteiger charge is 2.24. The van der Waals surface area contributed by atoms with Crippen LogP contribution in [0.2, 0.25) is 0 Å². The third kappa shape index (κ3) is 7.04. The summed E-state index contributed by atoms with van der Waals surface area (Å²) in [6.45, 7) is 7.98. The molecule has 1 amide bonds. The molecule has 170 valence electrons. The summed E-state index contributed by atoms with van der Waals surface area (Å²) < 4.78 is 0. The van der Waals surface area contributed by atoms with Crippen LogP contribution in [0.4, 0.5) is 0 Å². The molecule has 2 fully saturated rings. The number of carbonyl (C=O) groups is 1. The van der Waals surface area contributed by atoms with E-state index >= 15 is 0 Å². The van der Waals surface area contributed by atoms with Gasteiger partial charge in [-0.05, 0) is 42.9 Å². The Bertz CT molecular complexity index is 843. The summed E-state index contributed by atoms with van der Waals surface area (Å²) in [7, 11) is 0. The maximum absolute atomic E-state index is 12.8.